The highest BCUT2D eigenvalue weighted by Gasteiger charge is 2.44. The van der Waals surface area contributed by atoms with Crippen molar-refractivity contribution in [2.75, 3.05) is 34.4 Å². The Morgan fingerprint density at radius 2 is 1.54 bits per heavy atom. The van der Waals surface area contributed by atoms with Crippen LogP contribution < -0.4 is 10.6 Å². The quantitative estimate of drug-likeness (QED) is 0.177. The summed E-state index contributed by atoms with van der Waals surface area (Å²) in [5.41, 5.74) is 2.83. The number of carboxylic acid groups (broad SMARTS) is 1. The molecule has 2 aromatic carbocycles. The van der Waals surface area contributed by atoms with E-state index in [0.29, 0.717) is 13.0 Å². The Morgan fingerprint density at radius 1 is 0.946 bits per heavy atom. The van der Waals surface area contributed by atoms with Crippen molar-refractivity contribution in [3.05, 3.63) is 59.7 Å². The van der Waals surface area contributed by atoms with Crippen LogP contribution in [0.4, 0.5) is 4.79 Å². The molecule has 2 aliphatic rings. The molecular weight excluding hydrogens is 716 g/mol. The second-order valence-electron chi connectivity index (χ2n) is 16.2. The van der Waals surface area contributed by atoms with Gasteiger partial charge in [-0.25, -0.2) is 4.79 Å². The minimum absolute atomic E-state index is 0.00663. The summed E-state index contributed by atoms with van der Waals surface area (Å²) < 4.78 is 17.3. The molecule has 308 valence electrons. The molecule has 0 aromatic heterocycles. The maximum Gasteiger partial charge on any atom is 0.408 e. The molecule has 0 bridgehead atoms. The SMILES string of the molecule is CC[C@H](C)[C@@H]([C@@H](CC(=O)N1CCC[C@H]1[C@H](OC)[C@@H](C)C(=O)O)OC)N(C)[C@H](C(=O)NC(=O)C(C)(C)NC(=O)OCC1c2ccccc2-c2ccccc21)C(C)C. The van der Waals surface area contributed by atoms with E-state index in [0.717, 1.165) is 35.1 Å². The van der Waals surface area contributed by atoms with E-state index in [1.54, 1.807) is 26.0 Å². The van der Waals surface area contributed by atoms with Gasteiger partial charge in [0.1, 0.15) is 12.1 Å². The van der Waals surface area contributed by atoms with E-state index in [2.05, 4.69) is 10.6 Å². The molecule has 2 aromatic rings. The molecule has 1 aliphatic carbocycles. The number of alkyl carbamates (subject to hydrolysis) is 1. The van der Waals surface area contributed by atoms with Gasteiger partial charge in [0.2, 0.25) is 11.8 Å². The van der Waals surface area contributed by atoms with E-state index in [1.807, 2.05) is 81.1 Å². The largest absolute Gasteiger partial charge is 0.481 e. The molecule has 0 spiro atoms. The van der Waals surface area contributed by atoms with Gasteiger partial charge in [-0.1, -0.05) is 82.6 Å². The van der Waals surface area contributed by atoms with E-state index in [-0.39, 0.29) is 42.7 Å². The molecule has 4 rings (SSSR count). The molecule has 4 amide bonds. The molecule has 0 radical (unpaired) electrons. The molecule has 0 unspecified atom stereocenters. The maximum absolute atomic E-state index is 14.0. The van der Waals surface area contributed by atoms with Crippen molar-refractivity contribution in [1.29, 1.82) is 0 Å². The first-order valence-electron chi connectivity index (χ1n) is 19.8. The van der Waals surface area contributed by atoms with E-state index < -0.39 is 59.6 Å². The molecule has 0 saturated carbocycles. The summed E-state index contributed by atoms with van der Waals surface area (Å²) in [6.07, 6.45) is 0.0123. The van der Waals surface area contributed by atoms with Crippen LogP contribution in [0.3, 0.4) is 0 Å². The summed E-state index contributed by atoms with van der Waals surface area (Å²) in [4.78, 5) is 70.2. The predicted molar refractivity (Wildman–Crippen MR) is 213 cm³/mol. The van der Waals surface area contributed by atoms with Crippen molar-refractivity contribution in [3.63, 3.8) is 0 Å². The number of amides is 4. The Hall–Kier alpha value is -4.33. The number of nitrogens with one attached hydrogen (secondary N) is 2. The van der Waals surface area contributed by atoms with Crippen LogP contribution in [0.25, 0.3) is 11.1 Å². The molecule has 1 saturated heterocycles. The molecule has 7 atom stereocenters. The number of methoxy groups -OCH3 is 2. The average Bonchev–Trinajstić information content (AvgIpc) is 3.76. The van der Waals surface area contributed by atoms with Gasteiger partial charge in [-0.3, -0.25) is 29.4 Å². The van der Waals surface area contributed by atoms with E-state index in [4.69, 9.17) is 14.2 Å². The smallest absolute Gasteiger partial charge is 0.408 e. The Kier molecular flexibility index (Phi) is 15.2. The van der Waals surface area contributed by atoms with Crippen molar-refractivity contribution in [2.24, 2.45) is 17.8 Å². The van der Waals surface area contributed by atoms with E-state index in [9.17, 15) is 29.1 Å². The predicted octanol–water partition coefficient (Wildman–Crippen LogP) is 5.45. The summed E-state index contributed by atoms with van der Waals surface area (Å²) >= 11 is 0. The van der Waals surface area contributed by atoms with Crippen LogP contribution in [0, 0.1) is 17.8 Å². The Morgan fingerprint density at radius 3 is 2.05 bits per heavy atom. The summed E-state index contributed by atoms with van der Waals surface area (Å²) in [5.74, 6) is -3.65. The lowest BCUT2D eigenvalue weighted by molar-refractivity contribution is -0.152. The van der Waals surface area contributed by atoms with Crippen LogP contribution in [0.1, 0.15) is 91.2 Å². The number of aliphatic carboxylic acids is 1. The topological polar surface area (TPSA) is 164 Å². The second kappa shape index (κ2) is 19.2. The molecule has 1 fully saturated rings. The summed E-state index contributed by atoms with van der Waals surface area (Å²) in [6, 6.07) is 14.4. The molecule has 1 heterocycles. The zero-order valence-corrected chi connectivity index (χ0v) is 34.7. The molecule has 3 N–H and O–H groups in total. The van der Waals surface area contributed by atoms with Crippen LogP contribution >= 0.6 is 0 Å². The van der Waals surface area contributed by atoms with Gasteiger partial charge in [0.05, 0.1) is 36.6 Å². The number of nitrogens with zero attached hydrogens (tertiary/aromatic N) is 2. The highest BCUT2D eigenvalue weighted by molar-refractivity contribution is 6.02. The van der Waals surface area contributed by atoms with Gasteiger partial charge in [-0.05, 0) is 74.8 Å². The van der Waals surface area contributed by atoms with E-state index in [1.165, 1.54) is 21.0 Å². The number of carboxylic acids is 1. The normalized spacial score (nSPS) is 18.7. The standard InChI is InChI=1S/C43H62N4O9/c1-11-26(4)37(34(54-9)23-35(48)47-22-16-21-33(47)38(55-10)27(5)40(50)51)46(8)36(25(2)3)39(49)44-41(52)43(6,7)45-42(53)56-24-32-30-19-14-12-17-28(30)29-18-13-15-20-31(29)32/h12-15,17-20,25-27,32-34,36-38H,11,16,21-24H2,1-10H3,(H,45,53)(H,50,51)(H,44,49,52)/t26-,27+,33-,34+,36-,37-,38+/m0/s1. The Balaban J connectivity index is 1.43. The minimum Gasteiger partial charge on any atom is -0.481 e. The number of fused-ring (bicyclic) bond motifs is 3. The number of likely N-dealkylation sites (N-methyl/N-ethyl adjacent to an activating group) is 1. The average molecular weight is 779 g/mol. The highest BCUT2D eigenvalue weighted by atomic mass is 16.5. The van der Waals surface area contributed by atoms with Gasteiger partial charge in [0.15, 0.2) is 0 Å². The first-order valence-corrected chi connectivity index (χ1v) is 19.8. The fraction of sp³-hybridized carbons (Fsp3) is 0.605. The van der Waals surface area contributed by atoms with Gasteiger partial charge in [-0.2, -0.15) is 0 Å². The lowest BCUT2D eigenvalue weighted by atomic mass is 9.87. The molecule has 1 aliphatic heterocycles. The van der Waals surface area contributed by atoms with Gasteiger partial charge in [0.25, 0.3) is 5.91 Å². The van der Waals surface area contributed by atoms with Crippen LogP contribution in [-0.4, -0.2) is 115 Å². The van der Waals surface area contributed by atoms with Crippen molar-refractivity contribution < 1.29 is 43.3 Å². The van der Waals surface area contributed by atoms with Crippen molar-refractivity contribution in [2.45, 2.75) is 116 Å². The van der Waals surface area contributed by atoms with Crippen LogP contribution in [-0.2, 0) is 33.4 Å². The fourth-order valence-electron chi connectivity index (χ4n) is 8.62. The number of carbonyl (C=O) groups excluding carboxylic acids is 4. The molecule has 13 nitrogen and oxygen atoms in total. The van der Waals surface area contributed by atoms with Crippen molar-refractivity contribution >= 4 is 29.8 Å². The second-order valence-corrected chi connectivity index (χ2v) is 16.2. The summed E-state index contributed by atoms with van der Waals surface area (Å²) in [7, 11) is 4.81. The number of benzene rings is 2. The van der Waals surface area contributed by atoms with Gasteiger partial charge >= 0.3 is 12.1 Å². The number of rotatable bonds is 18. The van der Waals surface area contributed by atoms with Crippen LogP contribution in [0.15, 0.2) is 48.5 Å². The minimum atomic E-state index is -1.50. The fourth-order valence-corrected chi connectivity index (χ4v) is 8.62. The zero-order valence-electron chi connectivity index (χ0n) is 34.7. The van der Waals surface area contributed by atoms with Gasteiger partial charge < -0.3 is 29.5 Å². The van der Waals surface area contributed by atoms with Gasteiger partial charge in [-0.15, -0.1) is 0 Å². The highest BCUT2D eigenvalue weighted by Crippen LogP contribution is 2.44. The molecule has 13 heteroatoms. The number of hydrogen-bond donors (Lipinski definition) is 3. The first kappa shape index (κ1) is 44.4. The maximum atomic E-state index is 14.0. The van der Waals surface area contributed by atoms with Crippen molar-refractivity contribution in [3.8, 4) is 11.1 Å². The summed E-state index contributed by atoms with van der Waals surface area (Å²) in [5, 5.41) is 14.9. The van der Waals surface area contributed by atoms with Crippen LogP contribution in [0.2, 0.25) is 0 Å². The third-order valence-electron chi connectivity index (χ3n) is 11.8. The van der Waals surface area contributed by atoms with E-state index >= 15 is 0 Å². The number of likely N-dealkylation sites (tertiary alicyclic amines) is 1. The zero-order chi connectivity index (χ0) is 41.5. The first-order chi connectivity index (χ1) is 26.5. The number of imide groups is 1. The lowest BCUT2D eigenvalue weighted by Gasteiger charge is -2.43. The number of carbonyl (C=O) groups is 5. The Bertz CT molecular complexity index is 1670. The monoisotopic (exact) mass is 778 g/mol. The number of hydrogen-bond acceptors (Lipinski definition) is 9. The van der Waals surface area contributed by atoms with Crippen LogP contribution in [0.5, 0.6) is 0 Å². The van der Waals surface area contributed by atoms with Crippen molar-refractivity contribution in [1.82, 2.24) is 20.4 Å². The third-order valence-corrected chi connectivity index (χ3v) is 11.8. The summed E-state index contributed by atoms with van der Waals surface area (Å²) in [6.45, 7) is 13.0. The van der Waals surface area contributed by atoms with Gasteiger partial charge in [0, 0.05) is 32.7 Å². The molecule has 56 heavy (non-hydrogen) atoms. The Labute approximate surface area is 331 Å². The lowest BCUT2D eigenvalue weighted by Crippen LogP contribution is -2.62. The number of ether oxygens (including phenoxy) is 3. The molecular formula is C43H62N4O9. The third kappa shape index (κ3) is 9.78.